The summed E-state index contributed by atoms with van der Waals surface area (Å²) in [7, 11) is 0. The molecule has 1 unspecified atom stereocenters. The highest BCUT2D eigenvalue weighted by Crippen LogP contribution is 2.36. The number of hydrogen-bond donors (Lipinski definition) is 1. The first-order valence-corrected chi connectivity index (χ1v) is 12.9. The first kappa shape index (κ1) is 25.1. The molecule has 37 heavy (non-hydrogen) atoms. The minimum Gasteiger partial charge on any atom is -0.485 e. The Kier molecular flexibility index (Phi) is 7.64. The fourth-order valence-corrected chi connectivity index (χ4v) is 5.12. The van der Waals surface area contributed by atoms with E-state index in [-0.39, 0.29) is 18.6 Å². The first-order chi connectivity index (χ1) is 18.0. The molecule has 0 saturated carbocycles. The molecule has 0 radical (unpaired) electrons. The first-order valence-electron chi connectivity index (χ1n) is 11.3. The van der Waals surface area contributed by atoms with E-state index in [0.717, 1.165) is 21.7 Å². The van der Waals surface area contributed by atoms with Crippen LogP contribution in [0.1, 0.15) is 36.4 Å². The Bertz CT molecular complexity index is 1460. The van der Waals surface area contributed by atoms with Crippen LogP contribution in [0, 0.1) is 0 Å². The molecule has 4 aromatic rings. The van der Waals surface area contributed by atoms with Crippen molar-refractivity contribution in [2.75, 3.05) is 5.43 Å². The van der Waals surface area contributed by atoms with Gasteiger partial charge in [-0.15, -0.1) is 10.2 Å². The molecule has 0 fully saturated rings. The van der Waals surface area contributed by atoms with Crippen molar-refractivity contribution in [1.82, 2.24) is 14.9 Å². The zero-order valence-corrected chi connectivity index (χ0v) is 21.9. The van der Waals surface area contributed by atoms with E-state index in [4.69, 9.17) is 32.8 Å². The average Bonchev–Trinajstić information content (AvgIpc) is 3.51. The monoisotopic (exact) mass is 553 g/mol. The predicted molar refractivity (Wildman–Crippen MR) is 143 cm³/mol. The highest BCUT2D eigenvalue weighted by molar-refractivity contribution is 7.99. The minimum absolute atomic E-state index is 0.0697. The molecule has 1 aliphatic rings. The maximum Gasteiger partial charge on any atom is 0.235 e. The maximum atomic E-state index is 11.9. The number of hydrogen-bond acceptors (Lipinski definition) is 7. The molecule has 3 aromatic carbocycles. The van der Waals surface area contributed by atoms with Gasteiger partial charge in [0.1, 0.15) is 12.4 Å². The summed E-state index contributed by atoms with van der Waals surface area (Å²) in [6.07, 6.45) is 0.190. The maximum absolute atomic E-state index is 11.9. The highest BCUT2D eigenvalue weighted by atomic mass is 35.5. The van der Waals surface area contributed by atoms with Crippen molar-refractivity contribution in [2.24, 2.45) is 5.16 Å². The van der Waals surface area contributed by atoms with E-state index in [0.29, 0.717) is 33.2 Å². The molecule has 0 bridgehead atoms. The number of ether oxygens (including phenoxy) is 1. The smallest absolute Gasteiger partial charge is 0.235 e. The Labute approximate surface area is 227 Å². The Morgan fingerprint density at radius 1 is 1.11 bits per heavy atom. The van der Waals surface area contributed by atoms with Gasteiger partial charge in [0.05, 0.1) is 5.71 Å². The number of carbonyl (C=O) groups is 1. The van der Waals surface area contributed by atoms with Gasteiger partial charge in [0, 0.05) is 39.4 Å². The number of halogens is 2. The number of amides is 1. The number of nitrogens with one attached hydrogen (secondary N) is 1. The number of benzene rings is 3. The molecule has 1 N–H and O–H groups in total. The molecule has 1 aromatic heterocycles. The van der Waals surface area contributed by atoms with Crippen molar-refractivity contribution in [3.05, 3.63) is 99.8 Å². The third-order valence-corrected chi connectivity index (χ3v) is 6.97. The summed E-state index contributed by atoms with van der Waals surface area (Å²) in [5, 5.41) is 14.4. The minimum atomic E-state index is -0.326. The topological polar surface area (TPSA) is 90.6 Å². The van der Waals surface area contributed by atoms with Gasteiger partial charge in [0.15, 0.2) is 11.9 Å². The van der Waals surface area contributed by atoms with Crippen LogP contribution in [0.5, 0.6) is 5.75 Å². The molecule has 1 amide bonds. The number of nitrogens with zero attached hydrogens (tertiary/aromatic N) is 4. The predicted octanol–water partition coefficient (Wildman–Crippen LogP) is 6.27. The van der Waals surface area contributed by atoms with Crippen molar-refractivity contribution in [3.8, 4) is 5.75 Å². The molecule has 0 spiro atoms. The molecule has 5 rings (SSSR count). The van der Waals surface area contributed by atoms with E-state index in [1.165, 1.54) is 23.4 Å². The van der Waals surface area contributed by atoms with E-state index in [2.05, 4.69) is 20.8 Å². The largest absolute Gasteiger partial charge is 0.485 e. The molecule has 0 aliphatic carbocycles. The van der Waals surface area contributed by atoms with Crippen molar-refractivity contribution in [3.63, 3.8) is 0 Å². The van der Waals surface area contributed by atoms with E-state index < -0.39 is 0 Å². The van der Waals surface area contributed by atoms with Crippen LogP contribution >= 0.6 is 35.0 Å². The van der Waals surface area contributed by atoms with Crippen molar-refractivity contribution >= 4 is 46.6 Å². The summed E-state index contributed by atoms with van der Waals surface area (Å²) >= 11 is 13.8. The number of carbonyl (C=O) groups excluding carboxylic acids is 1. The van der Waals surface area contributed by atoms with Crippen LogP contribution in [0.2, 0.25) is 10.0 Å². The number of aromatic nitrogens is 3. The zero-order chi connectivity index (χ0) is 25.8. The molecular weight excluding hydrogens is 533 g/mol. The van der Waals surface area contributed by atoms with Crippen LogP contribution in [0.3, 0.4) is 0 Å². The van der Waals surface area contributed by atoms with Gasteiger partial charge in [-0.3, -0.25) is 10.2 Å². The molecule has 0 saturated heterocycles. The lowest BCUT2D eigenvalue weighted by Gasteiger charge is -2.13. The van der Waals surface area contributed by atoms with Crippen molar-refractivity contribution < 1.29 is 14.4 Å². The number of para-hydroxylation sites is 1. The summed E-state index contributed by atoms with van der Waals surface area (Å²) in [5.41, 5.74) is 5.11. The van der Waals surface area contributed by atoms with E-state index in [1.807, 2.05) is 60.7 Å². The van der Waals surface area contributed by atoms with Gasteiger partial charge in [0.25, 0.3) is 0 Å². The Morgan fingerprint density at radius 3 is 2.68 bits per heavy atom. The average molecular weight is 554 g/mol. The second-order valence-electron chi connectivity index (χ2n) is 8.10. The number of rotatable bonds is 8. The summed E-state index contributed by atoms with van der Waals surface area (Å²) in [6.45, 7) is 1.50. The van der Waals surface area contributed by atoms with Gasteiger partial charge in [0.2, 0.25) is 11.1 Å². The number of oxime groups is 1. The molecule has 2 heterocycles. The second kappa shape index (κ2) is 11.2. The lowest BCUT2D eigenvalue weighted by Crippen LogP contribution is -2.23. The normalized spacial score (nSPS) is 14.7. The molecule has 1 atom stereocenters. The third kappa shape index (κ3) is 5.90. The summed E-state index contributed by atoms with van der Waals surface area (Å²) < 4.78 is 7.68. The van der Waals surface area contributed by atoms with Gasteiger partial charge in [-0.25, -0.2) is 4.68 Å². The fraction of sp³-hybridized carbons (Fsp3) is 0.154. The van der Waals surface area contributed by atoms with Crippen LogP contribution in [-0.4, -0.2) is 26.5 Å². The van der Waals surface area contributed by atoms with E-state index in [1.54, 1.807) is 12.1 Å². The van der Waals surface area contributed by atoms with Gasteiger partial charge >= 0.3 is 0 Å². The van der Waals surface area contributed by atoms with Crippen LogP contribution in [0.4, 0.5) is 0 Å². The molecule has 1 aliphatic heterocycles. The van der Waals surface area contributed by atoms with Crippen LogP contribution < -0.4 is 10.2 Å². The highest BCUT2D eigenvalue weighted by Gasteiger charge is 2.27. The Hall–Kier alpha value is -3.53. The van der Waals surface area contributed by atoms with Crippen molar-refractivity contribution in [2.45, 2.75) is 36.1 Å². The molecular formula is C26H21Cl2N5O3S. The van der Waals surface area contributed by atoms with Gasteiger partial charge in [-0.05, 0) is 48.2 Å². The molecule has 8 nitrogen and oxygen atoms in total. The quantitative estimate of drug-likeness (QED) is 0.276. The second-order valence-corrected chi connectivity index (χ2v) is 9.99. The SMILES string of the molecule is CC(=O)Nn1c(COc2ccccc2C2=NOC(c3ccc(Cl)cc3Cl)C2)nnc1Sc1ccccc1. The Balaban J connectivity index is 1.33. The van der Waals surface area contributed by atoms with Gasteiger partial charge in [-0.2, -0.15) is 0 Å². The van der Waals surface area contributed by atoms with E-state index in [9.17, 15) is 4.79 Å². The summed E-state index contributed by atoms with van der Waals surface area (Å²) in [5.74, 6) is 0.793. The lowest BCUT2D eigenvalue weighted by molar-refractivity contribution is -0.115. The zero-order valence-electron chi connectivity index (χ0n) is 19.6. The van der Waals surface area contributed by atoms with Crippen LogP contribution in [0.25, 0.3) is 0 Å². The standard InChI is InChI=1S/C26H21Cl2N5O3S/c1-16(34)31-33-25(29-30-26(33)37-18-7-3-2-4-8-18)15-35-23-10-6-5-9-20(23)22-14-24(36-32-22)19-12-11-17(27)13-21(19)28/h2-13,24H,14-15H2,1H3,(H,31,34). The summed E-state index contributed by atoms with van der Waals surface area (Å²) in [4.78, 5) is 18.5. The van der Waals surface area contributed by atoms with Crippen LogP contribution in [-0.2, 0) is 16.2 Å². The lowest BCUT2D eigenvalue weighted by atomic mass is 9.99. The van der Waals surface area contributed by atoms with E-state index >= 15 is 0 Å². The van der Waals surface area contributed by atoms with Gasteiger partial charge < -0.3 is 9.57 Å². The van der Waals surface area contributed by atoms with Crippen molar-refractivity contribution in [1.29, 1.82) is 0 Å². The molecule has 11 heteroatoms. The fourth-order valence-electron chi connectivity index (χ4n) is 3.76. The Morgan fingerprint density at radius 2 is 1.89 bits per heavy atom. The van der Waals surface area contributed by atoms with Crippen LogP contribution in [0.15, 0.2) is 88.0 Å². The van der Waals surface area contributed by atoms with Gasteiger partial charge in [-0.1, -0.05) is 64.8 Å². The third-order valence-electron chi connectivity index (χ3n) is 5.45. The summed E-state index contributed by atoms with van der Waals surface area (Å²) in [6, 6.07) is 22.6. The molecule has 188 valence electrons.